The second-order valence-electron chi connectivity index (χ2n) is 14.0. The number of hydrogen-bond donors (Lipinski definition) is 3. The molecule has 2 atom stereocenters. The van der Waals surface area contributed by atoms with E-state index in [2.05, 4.69) is 82.0 Å². The molecule has 3 aliphatic rings. The maximum Gasteiger partial charge on any atom is 0.303 e. The molecule has 1 saturated carbocycles. The normalized spacial score (nSPS) is 19.2. The number of carbonyl (C=O) groups is 3. The van der Waals surface area contributed by atoms with E-state index in [1.54, 1.807) is 11.0 Å². The lowest BCUT2D eigenvalue weighted by molar-refractivity contribution is -0.137. The number of benzene rings is 3. The Kier molecular flexibility index (Phi) is 11.4. The Bertz CT molecular complexity index is 1740. The highest BCUT2D eigenvalue weighted by molar-refractivity contribution is 9.10. The molecule has 0 unspecified atom stereocenters. The standard InChI is InChI=1S/C40H45BrFN3O5/c1-26-7-9-28(10-8-26)17-18-40(19-20-40)44-39(49)38-32(23-31-24-45(25-34(38)43-31)36(46)5-2-6-37(47)48)29-13-11-27(12-14-29)4-3-21-50-35-22-30(42)15-16-33(35)41/h7-16,22,31,34,43H,2-6,17-21,23-25H2,1H3,(H,44,49)(H,47,48)/t31-,34-/m1/s1. The predicted molar refractivity (Wildman–Crippen MR) is 194 cm³/mol. The molecule has 2 heterocycles. The van der Waals surface area contributed by atoms with Crippen molar-refractivity contribution in [2.45, 2.75) is 88.8 Å². The van der Waals surface area contributed by atoms with Gasteiger partial charge in [-0.25, -0.2) is 4.39 Å². The molecule has 2 aliphatic heterocycles. The van der Waals surface area contributed by atoms with Gasteiger partial charge in [0, 0.05) is 49.2 Å². The molecule has 264 valence electrons. The molecule has 0 radical (unpaired) electrons. The Morgan fingerprint density at radius 2 is 1.70 bits per heavy atom. The van der Waals surface area contributed by atoms with Crippen molar-refractivity contribution in [1.82, 2.24) is 15.5 Å². The average molecular weight is 747 g/mol. The maximum absolute atomic E-state index is 14.3. The van der Waals surface area contributed by atoms with Crippen molar-refractivity contribution in [3.8, 4) is 5.75 Å². The van der Waals surface area contributed by atoms with Crippen LogP contribution in [-0.2, 0) is 27.2 Å². The van der Waals surface area contributed by atoms with Gasteiger partial charge < -0.3 is 25.4 Å². The molecule has 10 heteroatoms. The van der Waals surface area contributed by atoms with Gasteiger partial charge in [0.05, 0.1) is 17.1 Å². The number of fused-ring (bicyclic) bond motifs is 2. The van der Waals surface area contributed by atoms with Crippen LogP contribution in [0.4, 0.5) is 4.39 Å². The van der Waals surface area contributed by atoms with Crippen molar-refractivity contribution in [3.63, 3.8) is 0 Å². The summed E-state index contributed by atoms with van der Waals surface area (Å²) in [6.07, 6.45) is 6.22. The number of ether oxygens (including phenoxy) is 1. The number of carboxylic acid groups (broad SMARTS) is 1. The third-order valence-corrected chi connectivity index (χ3v) is 10.7. The van der Waals surface area contributed by atoms with E-state index < -0.39 is 5.97 Å². The molecule has 6 rings (SSSR count). The minimum absolute atomic E-state index is 0.0147. The quantitative estimate of drug-likeness (QED) is 0.148. The summed E-state index contributed by atoms with van der Waals surface area (Å²) < 4.78 is 20.1. The van der Waals surface area contributed by atoms with Crippen LogP contribution in [0, 0.1) is 12.7 Å². The summed E-state index contributed by atoms with van der Waals surface area (Å²) in [4.78, 5) is 40.3. The highest BCUT2D eigenvalue weighted by Gasteiger charge is 2.46. The van der Waals surface area contributed by atoms with Gasteiger partial charge in [0.25, 0.3) is 0 Å². The van der Waals surface area contributed by atoms with Crippen molar-refractivity contribution >= 4 is 39.3 Å². The number of nitrogens with one attached hydrogen (secondary N) is 2. The van der Waals surface area contributed by atoms with Crippen LogP contribution in [0.25, 0.3) is 5.57 Å². The topological polar surface area (TPSA) is 108 Å². The SMILES string of the molecule is Cc1ccc(CCC2(NC(=O)C3=C(c4ccc(CCCOc5cc(F)ccc5Br)cc4)C[C@@H]4CN(C(=O)CCCC(=O)O)C[C@H]3N4)CC2)cc1. The summed E-state index contributed by atoms with van der Waals surface area (Å²) in [7, 11) is 0. The van der Waals surface area contributed by atoms with Crippen molar-refractivity contribution in [2.24, 2.45) is 0 Å². The van der Waals surface area contributed by atoms with Gasteiger partial charge in [-0.2, -0.15) is 0 Å². The fourth-order valence-electron chi connectivity index (χ4n) is 7.09. The van der Waals surface area contributed by atoms with Crippen LogP contribution < -0.4 is 15.4 Å². The Balaban J connectivity index is 1.16. The van der Waals surface area contributed by atoms with Gasteiger partial charge in [0.1, 0.15) is 11.6 Å². The fraction of sp³-hybridized carbons (Fsp3) is 0.425. The van der Waals surface area contributed by atoms with Crippen molar-refractivity contribution in [2.75, 3.05) is 19.7 Å². The molecule has 2 amide bonds. The number of carboxylic acids is 1. The lowest BCUT2D eigenvalue weighted by atomic mass is 9.82. The number of rotatable bonds is 15. The van der Waals surface area contributed by atoms with E-state index in [0.717, 1.165) is 55.2 Å². The number of carbonyl (C=O) groups excluding carboxylic acids is 2. The van der Waals surface area contributed by atoms with Crippen LogP contribution in [0.1, 0.15) is 73.6 Å². The highest BCUT2D eigenvalue weighted by Crippen LogP contribution is 2.41. The van der Waals surface area contributed by atoms with Gasteiger partial charge in [-0.15, -0.1) is 0 Å². The van der Waals surface area contributed by atoms with Crippen LogP contribution in [0.2, 0.25) is 0 Å². The second kappa shape index (κ2) is 15.9. The Labute approximate surface area is 301 Å². The first kappa shape index (κ1) is 35.8. The number of hydrogen-bond acceptors (Lipinski definition) is 5. The van der Waals surface area contributed by atoms with Crippen molar-refractivity contribution in [3.05, 3.63) is 105 Å². The average Bonchev–Trinajstić information content (AvgIpc) is 3.86. The summed E-state index contributed by atoms with van der Waals surface area (Å²) in [5, 5.41) is 16.1. The number of aryl methyl sites for hydroxylation is 3. The lowest BCUT2D eigenvalue weighted by Gasteiger charge is -2.44. The number of amides is 2. The zero-order chi connectivity index (χ0) is 35.3. The van der Waals surface area contributed by atoms with E-state index in [1.807, 2.05) is 0 Å². The first-order valence-corrected chi connectivity index (χ1v) is 18.4. The Morgan fingerprint density at radius 3 is 2.42 bits per heavy atom. The van der Waals surface area contributed by atoms with Crippen LogP contribution in [0.5, 0.6) is 5.75 Å². The summed E-state index contributed by atoms with van der Waals surface area (Å²) in [6, 6.07) is 21.0. The van der Waals surface area contributed by atoms with Gasteiger partial charge in [0.15, 0.2) is 0 Å². The van der Waals surface area contributed by atoms with Gasteiger partial charge >= 0.3 is 5.97 Å². The van der Waals surface area contributed by atoms with Gasteiger partial charge in [-0.3, -0.25) is 14.4 Å². The highest BCUT2D eigenvalue weighted by atomic mass is 79.9. The second-order valence-corrected chi connectivity index (χ2v) is 14.9. The number of piperazine rings is 1. The summed E-state index contributed by atoms with van der Waals surface area (Å²) in [6.45, 7) is 3.41. The maximum atomic E-state index is 14.3. The van der Waals surface area contributed by atoms with E-state index in [9.17, 15) is 18.8 Å². The first-order chi connectivity index (χ1) is 24.1. The van der Waals surface area contributed by atoms with Crippen LogP contribution in [0.3, 0.4) is 0 Å². The van der Waals surface area contributed by atoms with Gasteiger partial charge in [-0.05, 0) is 109 Å². The molecular formula is C40H45BrFN3O5. The van der Waals surface area contributed by atoms with Crippen molar-refractivity contribution < 1.29 is 28.6 Å². The predicted octanol–water partition coefficient (Wildman–Crippen LogP) is 6.77. The van der Waals surface area contributed by atoms with Crippen LogP contribution in [0.15, 0.2) is 76.8 Å². The van der Waals surface area contributed by atoms with Crippen molar-refractivity contribution in [1.29, 1.82) is 0 Å². The number of nitrogens with zero attached hydrogens (tertiary/aromatic N) is 1. The zero-order valence-corrected chi connectivity index (χ0v) is 30.1. The lowest BCUT2D eigenvalue weighted by Crippen LogP contribution is -2.62. The first-order valence-electron chi connectivity index (χ1n) is 17.6. The summed E-state index contributed by atoms with van der Waals surface area (Å²) in [5.41, 5.74) is 6.09. The minimum Gasteiger partial charge on any atom is -0.492 e. The molecule has 1 aliphatic carbocycles. The number of aliphatic carboxylic acids is 1. The van der Waals surface area contributed by atoms with Crippen LogP contribution in [-0.4, -0.2) is 65.1 Å². The molecule has 2 bridgehead atoms. The van der Waals surface area contributed by atoms with Gasteiger partial charge in [0.2, 0.25) is 11.8 Å². The third-order valence-electron chi connectivity index (χ3n) is 10.1. The molecule has 8 nitrogen and oxygen atoms in total. The molecule has 2 fully saturated rings. The number of halogens is 2. The van der Waals surface area contributed by atoms with Gasteiger partial charge in [-0.1, -0.05) is 54.1 Å². The molecule has 3 aromatic carbocycles. The fourth-order valence-corrected chi connectivity index (χ4v) is 7.45. The molecule has 0 spiro atoms. The Morgan fingerprint density at radius 1 is 0.980 bits per heavy atom. The van der Waals surface area contributed by atoms with E-state index in [1.165, 1.54) is 23.3 Å². The zero-order valence-electron chi connectivity index (χ0n) is 28.5. The van der Waals surface area contributed by atoms with E-state index in [0.29, 0.717) is 48.3 Å². The summed E-state index contributed by atoms with van der Waals surface area (Å²) >= 11 is 3.40. The largest absolute Gasteiger partial charge is 0.492 e. The molecular weight excluding hydrogens is 701 g/mol. The molecule has 50 heavy (non-hydrogen) atoms. The van der Waals surface area contributed by atoms with E-state index in [4.69, 9.17) is 9.84 Å². The molecule has 1 saturated heterocycles. The van der Waals surface area contributed by atoms with E-state index in [-0.39, 0.29) is 48.1 Å². The third kappa shape index (κ3) is 9.20. The molecule has 0 aromatic heterocycles. The Hall–Kier alpha value is -4.02. The van der Waals surface area contributed by atoms with E-state index >= 15 is 0 Å². The smallest absolute Gasteiger partial charge is 0.303 e. The molecule has 3 aromatic rings. The minimum atomic E-state index is -0.908. The summed E-state index contributed by atoms with van der Waals surface area (Å²) in [5.74, 6) is -0.913. The van der Waals surface area contributed by atoms with Crippen LogP contribution >= 0.6 is 15.9 Å². The molecule has 3 N–H and O–H groups in total. The monoisotopic (exact) mass is 745 g/mol.